The molecule has 98 valence electrons. The van der Waals surface area contributed by atoms with E-state index in [2.05, 4.69) is 0 Å². The van der Waals surface area contributed by atoms with Gasteiger partial charge < -0.3 is 14.9 Å². The molecule has 0 saturated carbocycles. The second kappa shape index (κ2) is 4.80. The maximum absolute atomic E-state index is 12.1. The maximum Gasteiger partial charge on any atom is 0.406 e. The van der Waals surface area contributed by atoms with Crippen LogP contribution in [0.1, 0.15) is 12.8 Å². The summed E-state index contributed by atoms with van der Waals surface area (Å²) in [6.45, 7) is -1.20. The van der Waals surface area contributed by atoms with E-state index in [1.54, 1.807) is 0 Å². The van der Waals surface area contributed by atoms with E-state index in [1.807, 2.05) is 0 Å². The number of aliphatic carboxylic acids is 1. The lowest BCUT2D eigenvalue weighted by Gasteiger charge is -2.28. The SMILES string of the molecule is CN(CC(F)(F)F)C(=O)N1CCC[C@H]1C(=O)O. The lowest BCUT2D eigenvalue weighted by atomic mass is 10.2. The van der Waals surface area contributed by atoms with Gasteiger partial charge in [0, 0.05) is 13.6 Å². The minimum absolute atomic E-state index is 0.179. The Labute approximate surface area is 95.8 Å². The summed E-state index contributed by atoms with van der Waals surface area (Å²) in [7, 11) is 1.01. The van der Waals surface area contributed by atoms with Gasteiger partial charge in [-0.1, -0.05) is 0 Å². The summed E-state index contributed by atoms with van der Waals surface area (Å²) in [6, 6.07) is -1.91. The summed E-state index contributed by atoms with van der Waals surface area (Å²) in [4.78, 5) is 23.9. The van der Waals surface area contributed by atoms with Gasteiger partial charge in [0.1, 0.15) is 12.6 Å². The molecule has 0 aliphatic carbocycles. The Morgan fingerprint density at radius 1 is 1.47 bits per heavy atom. The number of carbonyl (C=O) groups excluding carboxylic acids is 1. The van der Waals surface area contributed by atoms with Crippen molar-refractivity contribution in [2.75, 3.05) is 20.1 Å². The minimum Gasteiger partial charge on any atom is -0.480 e. The number of carboxylic acid groups (broad SMARTS) is 1. The van der Waals surface area contributed by atoms with Gasteiger partial charge in [-0.3, -0.25) is 0 Å². The highest BCUT2D eigenvalue weighted by atomic mass is 19.4. The molecule has 1 aliphatic rings. The Bertz CT molecular complexity index is 319. The first-order valence-corrected chi connectivity index (χ1v) is 5.03. The molecule has 2 amide bonds. The maximum atomic E-state index is 12.1. The third-order valence-electron chi connectivity index (χ3n) is 2.53. The van der Waals surface area contributed by atoms with E-state index in [0.29, 0.717) is 11.3 Å². The van der Waals surface area contributed by atoms with Crippen molar-refractivity contribution in [1.82, 2.24) is 9.80 Å². The molecule has 17 heavy (non-hydrogen) atoms. The van der Waals surface area contributed by atoms with Gasteiger partial charge in [0.25, 0.3) is 0 Å². The first kappa shape index (κ1) is 13.6. The van der Waals surface area contributed by atoms with Crippen LogP contribution in [0.25, 0.3) is 0 Å². The van der Waals surface area contributed by atoms with Crippen molar-refractivity contribution >= 4 is 12.0 Å². The number of carbonyl (C=O) groups is 2. The summed E-state index contributed by atoms with van der Waals surface area (Å²) in [5.74, 6) is -1.18. The van der Waals surface area contributed by atoms with Crippen molar-refractivity contribution < 1.29 is 27.9 Å². The van der Waals surface area contributed by atoms with Crippen LogP contribution in [0.4, 0.5) is 18.0 Å². The van der Waals surface area contributed by atoms with E-state index in [9.17, 15) is 22.8 Å². The van der Waals surface area contributed by atoms with Gasteiger partial charge in [0.15, 0.2) is 0 Å². The number of hydrogen-bond acceptors (Lipinski definition) is 2. The van der Waals surface area contributed by atoms with Gasteiger partial charge in [-0.05, 0) is 12.8 Å². The van der Waals surface area contributed by atoms with Crippen LogP contribution in [0.2, 0.25) is 0 Å². The lowest BCUT2D eigenvalue weighted by Crippen LogP contribution is -2.48. The van der Waals surface area contributed by atoms with E-state index in [4.69, 9.17) is 5.11 Å². The molecule has 0 aromatic heterocycles. The highest BCUT2D eigenvalue weighted by Gasteiger charge is 2.38. The number of halogens is 3. The topological polar surface area (TPSA) is 60.9 Å². The molecule has 1 saturated heterocycles. The van der Waals surface area contributed by atoms with Gasteiger partial charge >= 0.3 is 18.2 Å². The largest absolute Gasteiger partial charge is 0.480 e. The number of urea groups is 1. The monoisotopic (exact) mass is 254 g/mol. The van der Waals surface area contributed by atoms with E-state index < -0.39 is 30.8 Å². The van der Waals surface area contributed by atoms with Crippen LogP contribution >= 0.6 is 0 Å². The second-order valence-corrected chi connectivity index (χ2v) is 3.94. The summed E-state index contributed by atoms with van der Waals surface area (Å²) in [6.07, 6.45) is -3.72. The smallest absolute Gasteiger partial charge is 0.406 e. The molecule has 5 nitrogen and oxygen atoms in total. The van der Waals surface area contributed by atoms with Crippen LogP contribution in [0, 0.1) is 0 Å². The standard InChI is InChI=1S/C9H13F3N2O3/c1-13(5-9(10,11)12)8(17)14-4-2-3-6(14)7(15)16/h6H,2-5H2,1H3,(H,15,16)/t6-/m0/s1. The molecule has 1 rings (SSSR count). The summed E-state index contributed by atoms with van der Waals surface area (Å²) in [5.41, 5.74) is 0. The zero-order chi connectivity index (χ0) is 13.2. The summed E-state index contributed by atoms with van der Waals surface area (Å²) < 4.78 is 36.2. The van der Waals surface area contributed by atoms with Crippen LogP contribution in [-0.2, 0) is 4.79 Å². The van der Waals surface area contributed by atoms with Gasteiger partial charge in [-0.25, -0.2) is 9.59 Å². The highest BCUT2D eigenvalue weighted by molar-refractivity contribution is 5.83. The normalized spacial score (nSPS) is 20.5. The summed E-state index contributed by atoms with van der Waals surface area (Å²) >= 11 is 0. The van der Waals surface area contributed by atoms with Crippen molar-refractivity contribution in [2.45, 2.75) is 25.1 Å². The molecule has 1 heterocycles. The molecule has 1 N–H and O–H groups in total. The average Bonchev–Trinajstić information content (AvgIpc) is 2.61. The first-order chi connectivity index (χ1) is 7.72. The average molecular weight is 254 g/mol. The van der Waals surface area contributed by atoms with Crippen LogP contribution in [0.15, 0.2) is 0 Å². The molecule has 8 heteroatoms. The fourth-order valence-corrected chi connectivity index (χ4v) is 1.81. The van der Waals surface area contributed by atoms with Crippen LogP contribution in [0.5, 0.6) is 0 Å². The quantitative estimate of drug-likeness (QED) is 0.804. The van der Waals surface area contributed by atoms with Crippen LogP contribution < -0.4 is 0 Å². The fraction of sp³-hybridized carbons (Fsp3) is 0.778. The summed E-state index contributed by atoms with van der Waals surface area (Å²) in [5, 5.41) is 8.81. The van der Waals surface area contributed by atoms with Gasteiger partial charge in [-0.2, -0.15) is 13.2 Å². The lowest BCUT2D eigenvalue weighted by molar-refractivity contribution is -0.142. The Morgan fingerprint density at radius 3 is 2.53 bits per heavy atom. The van der Waals surface area contributed by atoms with E-state index in [1.165, 1.54) is 0 Å². The number of hydrogen-bond donors (Lipinski definition) is 1. The van der Waals surface area contributed by atoms with Gasteiger partial charge in [-0.15, -0.1) is 0 Å². The highest BCUT2D eigenvalue weighted by Crippen LogP contribution is 2.21. The molecule has 0 bridgehead atoms. The van der Waals surface area contributed by atoms with E-state index in [0.717, 1.165) is 11.9 Å². The van der Waals surface area contributed by atoms with Gasteiger partial charge in [0.2, 0.25) is 0 Å². The molecule has 0 aromatic carbocycles. The molecule has 0 spiro atoms. The van der Waals surface area contributed by atoms with Crippen molar-refractivity contribution in [3.8, 4) is 0 Å². The van der Waals surface area contributed by atoms with Gasteiger partial charge in [0.05, 0.1) is 0 Å². The second-order valence-electron chi connectivity index (χ2n) is 3.94. The van der Waals surface area contributed by atoms with Crippen molar-refractivity contribution in [3.63, 3.8) is 0 Å². The van der Waals surface area contributed by atoms with Crippen molar-refractivity contribution in [2.24, 2.45) is 0 Å². The molecule has 0 unspecified atom stereocenters. The predicted molar refractivity (Wildman–Crippen MR) is 51.4 cm³/mol. The van der Waals surface area contributed by atoms with Crippen molar-refractivity contribution in [1.29, 1.82) is 0 Å². The zero-order valence-electron chi connectivity index (χ0n) is 9.20. The first-order valence-electron chi connectivity index (χ1n) is 5.03. The number of nitrogens with zero attached hydrogens (tertiary/aromatic N) is 2. The third kappa shape index (κ3) is 3.50. The Hall–Kier alpha value is -1.47. The molecular weight excluding hydrogens is 241 g/mol. The fourth-order valence-electron chi connectivity index (χ4n) is 1.81. The molecule has 0 radical (unpaired) electrons. The number of likely N-dealkylation sites (tertiary alicyclic amines) is 1. The molecule has 1 aliphatic heterocycles. The molecule has 1 atom stereocenters. The number of carboxylic acids is 1. The van der Waals surface area contributed by atoms with Crippen LogP contribution in [-0.4, -0.2) is 59.3 Å². The Balaban J connectivity index is 2.66. The number of alkyl halides is 3. The predicted octanol–water partition coefficient (Wildman–Crippen LogP) is 1.15. The van der Waals surface area contributed by atoms with E-state index in [-0.39, 0.29) is 13.0 Å². The molecular formula is C9H13F3N2O3. The zero-order valence-corrected chi connectivity index (χ0v) is 9.20. The molecule has 0 aromatic rings. The van der Waals surface area contributed by atoms with Crippen molar-refractivity contribution in [3.05, 3.63) is 0 Å². The van der Waals surface area contributed by atoms with E-state index >= 15 is 0 Å². The number of amides is 2. The van der Waals surface area contributed by atoms with Crippen LogP contribution in [0.3, 0.4) is 0 Å². The molecule has 1 fully saturated rings. The Kier molecular flexibility index (Phi) is 3.84. The number of rotatable bonds is 2. The minimum atomic E-state index is -4.48. The Morgan fingerprint density at radius 2 is 2.06 bits per heavy atom. The third-order valence-corrected chi connectivity index (χ3v) is 2.53.